The minimum atomic E-state index is -1.55. The number of carbonyl (C=O) groups is 1. The van der Waals surface area contributed by atoms with E-state index in [4.69, 9.17) is 9.47 Å². The van der Waals surface area contributed by atoms with Crippen molar-refractivity contribution in [3.63, 3.8) is 0 Å². The maximum absolute atomic E-state index is 13.1. The van der Waals surface area contributed by atoms with Crippen molar-refractivity contribution in [1.82, 2.24) is 5.32 Å². The molecule has 1 rings (SSSR count). The van der Waals surface area contributed by atoms with Crippen molar-refractivity contribution in [3.05, 3.63) is 12.2 Å². The van der Waals surface area contributed by atoms with Crippen molar-refractivity contribution >= 4 is 5.91 Å². The molecule has 7 unspecified atom stereocenters. The molecule has 1 saturated heterocycles. The molecule has 7 atom stereocenters. The molecule has 9 heteroatoms. The van der Waals surface area contributed by atoms with Gasteiger partial charge < -0.3 is 40.3 Å². The van der Waals surface area contributed by atoms with Crippen LogP contribution < -0.4 is 5.32 Å². The van der Waals surface area contributed by atoms with Crippen LogP contribution in [0.25, 0.3) is 0 Å². The highest BCUT2D eigenvalue weighted by Gasteiger charge is 2.44. The zero-order chi connectivity index (χ0) is 52.9. The van der Waals surface area contributed by atoms with E-state index in [1.807, 2.05) is 0 Å². The average molecular weight is 1040 g/mol. The fourth-order valence-corrected chi connectivity index (χ4v) is 10.7. The summed E-state index contributed by atoms with van der Waals surface area (Å²) in [6.07, 6.45) is 61.3. The van der Waals surface area contributed by atoms with Crippen molar-refractivity contribution in [3.8, 4) is 0 Å². The molecule has 9 nitrogen and oxygen atoms in total. The maximum atomic E-state index is 13.1. The number of allylic oxidation sites excluding steroid dienone is 2. The maximum Gasteiger partial charge on any atom is 0.220 e. The highest BCUT2D eigenvalue weighted by molar-refractivity contribution is 5.76. The second-order valence-electron chi connectivity index (χ2n) is 22.9. The van der Waals surface area contributed by atoms with Crippen LogP contribution >= 0.6 is 0 Å². The number of aliphatic hydroxyl groups is 5. The number of carbonyl (C=O) groups excluding carboxylic acids is 1. The lowest BCUT2D eigenvalue weighted by Gasteiger charge is -2.40. The highest BCUT2D eigenvalue weighted by atomic mass is 16.7. The third-order valence-corrected chi connectivity index (χ3v) is 15.9. The number of ether oxygens (including phenoxy) is 2. The monoisotopic (exact) mass is 1040 g/mol. The van der Waals surface area contributed by atoms with E-state index in [0.29, 0.717) is 12.8 Å². The van der Waals surface area contributed by atoms with E-state index in [1.165, 1.54) is 270 Å². The Hall–Kier alpha value is -1.07. The Kier molecular flexibility index (Phi) is 52.0. The van der Waals surface area contributed by atoms with Crippen LogP contribution in [0.3, 0.4) is 0 Å². The van der Waals surface area contributed by atoms with E-state index in [9.17, 15) is 30.3 Å². The van der Waals surface area contributed by atoms with Gasteiger partial charge in [-0.3, -0.25) is 4.79 Å². The van der Waals surface area contributed by atoms with Gasteiger partial charge in [0.2, 0.25) is 5.91 Å². The van der Waals surface area contributed by atoms with E-state index in [0.717, 1.165) is 38.5 Å². The molecule has 6 N–H and O–H groups in total. The van der Waals surface area contributed by atoms with E-state index < -0.39 is 49.5 Å². The zero-order valence-corrected chi connectivity index (χ0v) is 48.4. The lowest BCUT2D eigenvalue weighted by Crippen LogP contribution is -2.60. The number of amides is 1. The van der Waals surface area contributed by atoms with Crippen LogP contribution in [-0.2, 0) is 14.3 Å². The Labute approximate surface area is 452 Å². The summed E-state index contributed by atoms with van der Waals surface area (Å²) >= 11 is 0. The molecule has 0 spiro atoms. The average Bonchev–Trinajstić information content (AvgIpc) is 3.39. The molecule has 1 aliphatic rings. The molecule has 0 saturated carbocycles. The molecule has 434 valence electrons. The number of rotatable bonds is 57. The molecule has 0 bridgehead atoms. The van der Waals surface area contributed by atoms with Gasteiger partial charge in [-0.05, 0) is 38.5 Å². The van der Waals surface area contributed by atoms with Crippen molar-refractivity contribution in [2.75, 3.05) is 13.2 Å². The molecule has 0 radical (unpaired) electrons. The Morgan fingerprint density at radius 2 is 0.767 bits per heavy atom. The number of unbranched alkanes of at least 4 members (excludes halogenated alkanes) is 45. The molecule has 73 heavy (non-hydrogen) atoms. The van der Waals surface area contributed by atoms with Gasteiger partial charge in [-0.1, -0.05) is 302 Å². The first kappa shape index (κ1) is 69.9. The quantitative estimate of drug-likeness (QED) is 0.0261. The smallest absolute Gasteiger partial charge is 0.220 e. The zero-order valence-electron chi connectivity index (χ0n) is 48.4. The Morgan fingerprint density at radius 1 is 0.452 bits per heavy atom. The first-order valence-corrected chi connectivity index (χ1v) is 32.4. The first-order valence-electron chi connectivity index (χ1n) is 32.4. The van der Waals surface area contributed by atoms with Crippen LogP contribution in [0.4, 0.5) is 0 Å². The summed E-state index contributed by atoms with van der Waals surface area (Å²) in [6, 6.07) is -0.720. The summed E-state index contributed by atoms with van der Waals surface area (Å²) in [5.41, 5.74) is 0. The van der Waals surface area contributed by atoms with Crippen LogP contribution in [0, 0.1) is 0 Å². The second-order valence-corrected chi connectivity index (χ2v) is 22.9. The van der Waals surface area contributed by atoms with Gasteiger partial charge in [0.15, 0.2) is 6.29 Å². The van der Waals surface area contributed by atoms with Crippen molar-refractivity contribution in [2.45, 2.75) is 378 Å². The third-order valence-electron chi connectivity index (χ3n) is 15.9. The van der Waals surface area contributed by atoms with E-state index in [-0.39, 0.29) is 12.5 Å². The fourth-order valence-electron chi connectivity index (χ4n) is 10.7. The van der Waals surface area contributed by atoms with Crippen LogP contribution in [0.2, 0.25) is 0 Å². The van der Waals surface area contributed by atoms with Gasteiger partial charge in [-0.25, -0.2) is 0 Å². The van der Waals surface area contributed by atoms with Crippen LogP contribution in [0.15, 0.2) is 12.2 Å². The standard InChI is InChI=1S/C64H125NO8/c1-3-5-7-9-11-13-15-17-19-21-23-24-25-26-27-28-29-30-31-32-33-34-35-36-37-39-41-43-45-47-49-51-53-58(67)57(56-72-64-63(71)62(70)61(69)59(55-66)73-64)65-60(68)54-52-50-48-46-44-42-40-38-22-20-18-16-14-12-10-8-6-4-2/h20,22,57-59,61-64,66-67,69-71H,3-19,21,23-56H2,1-2H3,(H,65,68)/b22-20-. The molecule has 1 aliphatic heterocycles. The Bertz CT molecular complexity index is 1150. The third kappa shape index (κ3) is 43.6. The predicted molar refractivity (Wildman–Crippen MR) is 309 cm³/mol. The van der Waals surface area contributed by atoms with Crippen molar-refractivity contribution in [1.29, 1.82) is 0 Å². The summed E-state index contributed by atoms with van der Waals surface area (Å²) in [5, 5.41) is 54.8. The summed E-state index contributed by atoms with van der Waals surface area (Å²) in [4.78, 5) is 13.1. The van der Waals surface area contributed by atoms with Gasteiger partial charge in [-0.2, -0.15) is 0 Å². The largest absolute Gasteiger partial charge is 0.394 e. The summed E-state index contributed by atoms with van der Waals surface area (Å²) in [5.74, 6) is -0.143. The van der Waals surface area contributed by atoms with E-state index in [1.54, 1.807) is 0 Å². The summed E-state index contributed by atoms with van der Waals surface area (Å²) in [7, 11) is 0. The minimum Gasteiger partial charge on any atom is -0.394 e. The number of hydrogen-bond donors (Lipinski definition) is 6. The van der Waals surface area contributed by atoms with Crippen molar-refractivity contribution < 1.29 is 39.8 Å². The van der Waals surface area contributed by atoms with Gasteiger partial charge in [0, 0.05) is 6.42 Å². The number of aliphatic hydroxyl groups excluding tert-OH is 5. The first-order chi connectivity index (χ1) is 35.8. The molecule has 0 aromatic rings. The molecular weight excluding hydrogens is 911 g/mol. The number of nitrogens with one attached hydrogen (secondary N) is 1. The van der Waals surface area contributed by atoms with Gasteiger partial charge in [0.05, 0.1) is 25.4 Å². The van der Waals surface area contributed by atoms with Crippen LogP contribution in [0.5, 0.6) is 0 Å². The minimum absolute atomic E-state index is 0.135. The predicted octanol–water partition coefficient (Wildman–Crippen LogP) is 16.7. The van der Waals surface area contributed by atoms with E-state index >= 15 is 0 Å². The van der Waals surface area contributed by atoms with Gasteiger partial charge in [0.1, 0.15) is 24.4 Å². The Balaban J connectivity index is 2.11. The number of hydrogen-bond acceptors (Lipinski definition) is 8. The Morgan fingerprint density at radius 3 is 1.11 bits per heavy atom. The molecule has 0 aromatic heterocycles. The van der Waals surface area contributed by atoms with Gasteiger partial charge in [-0.15, -0.1) is 0 Å². The fraction of sp³-hybridized carbons (Fsp3) is 0.953. The second kappa shape index (κ2) is 54.3. The molecule has 0 aliphatic carbocycles. The lowest BCUT2D eigenvalue weighted by atomic mass is 9.99. The van der Waals surface area contributed by atoms with Crippen LogP contribution in [-0.4, -0.2) is 87.5 Å². The van der Waals surface area contributed by atoms with Crippen molar-refractivity contribution in [2.24, 2.45) is 0 Å². The molecule has 0 aromatic carbocycles. The SMILES string of the molecule is CCCCCCCCC/C=C\CCCCCCCCCC(=O)NC(COC1OC(CO)C(O)C(O)C1O)C(O)CCCCCCCCCCCCCCCCCCCCCCCCCCCCCCCCCC. The molecule has 1 heterocycles. The van der Waals surface area contributed by atoms with Crippen LogP contribution in [0.1, 0.15) is 335 Å². The highest BCUT2D eigenvalue weighted by Crippen LogP contribution is 2.24. The van der Waals surface area contributed by atoms with Gasteiger partial charge >= 0.3 is 0 Å². The lowest BCUT2D eigenvalue weighted by molar-refractivity contribution is -0.302. The van der Waals surface area contributed by atoms with Gasteiger partial charge in [0.25, 0.3) is 0 Å². The normalized spacial score (nSPS) is 19.0. The molecule has 1 fully saturated rings. The summed E-state index contributed by atoms with van der Waals surface area (Å²) in [6.45, 7) is 3.88. The van der Waals surface area contributed by atoms with E-state index in [2.05, 4.69) is 31.3 Å². The topological polar surface area (TPSA) is 149 Å². The summed E-state index contributed by atoms with van der Waals surface area (Å²) < 4.78 is 11.3. The molecular formula is C64H125NO8. The molecule has 1 amide bonds.